The van der Waals surface area contributed by atoms with E-state index in [9.17, 15) is 9.59 Å². The largest absolute Gasteiger partial charge is 0.376 e. The third-order valence-electron chi connectivity index (χ3n) is 6.13. The lowest BCUT2D eigenvalue weighted by Gasteiger charge is -2.19. The Morgan fingerprint density at radius 2 is 2.10 bits per heavy atom. The summed E-state index contributed by atoms with van der Waals surface area (Å²) in [6.07, 6.45) is 5.95. The number of benzene rings is 1. The highest BCUT2D eigenvalue weighted by Gasteiger charge is 2.27. The molecule has 0 spiro atoms. The number of para-hydroxylation sites is 1. The Hall–Kier alpha value is -2.12. The van der Waals surface area contributed by atoms with Gasteiger partial charge in [0.05, 0.1) is 18.4 Å². The minimum Gasteiger partial charge on any atom is -0.376 e. The predicted molar refractivity (Wildman–Crippen MR) is 113 cm³/mol. The van der Waals surface area contributed by atoms with Gasteiger partial charge in [0, 0.05) is 30.1 Å². The number of carbonyl (C=O) groups excluding carboxylic acids is 1. The molecule has 0 N–H and O–H groups in total. The normalized spacial score (nSPS) is 20.1. The average molecular weight is 412 g/mol. The molecule has 0 unspecified atom stereocenters. The first-order valence-electron chi connectivity index (χ1n) is 10.5. The summed E-state index contributed by atoms with van der Waals surface area (Å²) in [6.45, 7) is 2.11. The summed E-state index contributed by atoms with van der Waals surface area (Å²) in [5.41, 5.74) is 4.29. The number of carbonyl (C=O) groups is 1. The van der Waals surface area contributed by atoms with E-state index < -0.39 is 0 Å². The van der Waals surface area contributed by atoms with Crippen molar-refractivity contribution in [1.82, 2.24) is 9.55 Å². The molecule has 29 heavy (non-hydrogen) atoms. The lowest BCUT2D eigenvalue weighted by molar-refractivity contribution is -0.116. The van der Waals surface area contributed by atoms with E-state index in [1.54, 1.807) is 0 Å². The number of thioether (sulfide) groups is 1. The van der Waals surface area contributed by atoms with E-state index in [1.807, 2.05) is 27.7 Å². The summed E-state index contributed by atoms with van der Waals surface area (Å²) in [5.74, 6) is 0.389. The Morgan fingerprint density at radius 1 is 1.21 bits per heavy atom. The first-order valence-corrected chi connectivity index (χ1v) is 11.4. The highest BCUT2D eigenvalue weighted by atomic mass is 32.2. The van der Waals surface area contributed by atoms with E-state index in [1.165, 1.54) is 17.3 Å². The molecule has 0 saturated carbocycles. The van der Waals surface area contributed by atoms with Crippen LogP contribution in [0.3, 0.4) is 0 Å². The lowest BCUT2D eigenvalue weighted by Crippen LogP contribution is -2.32. The Bertz CT molecular complexity index is 997. The number of anilines is 1. The van der Waals surface area contributed by atoms with E-state index in [4.69, 9.17) is 4.74 Å². The van der Waals surface area contributed by atoms with Crippen LogP contribution in [0.4, 0.5) is 5.69 Å². The molecule has 1 saturated heterocycles. The van der Waals surface area contributed by atoms with E-state index in [0.29, 0.717) is 12.3 Å². The molecular weight excluding hydrogens is 386 g/mol. The zero-order chi connectivity index (χ0) is 19.8. The fraction of sp³-hybridized carbons (Fsp3) is 0.500. The van der Waals surface area contributed by atoms with Gasteiger partial charge < -0.3 is 9.64 Å². The second kappa shape index (κ2) is 7.95. The highest BCUT2D eigenvalue weighted by Crippen LogP contribution is 2.32. The summed E-state index contributed by atoms with van der Waals surface area (Å²) in [4.78, 5) is 31.8. The van der Waals surface area contributed by atoms with Crippen LogP contribution in [0.5, 0.6) is 0 Å². The van der Waals surface area contributed by atoms with E-state index in [-0.39, 0.29) is 17.7 Å². The number of hydrogen-bond donors (Lipinski definition) is 0. The van der Waals surface area contributed by atoms with Gasteiger partial charge >= 0.3 is 5.69 Å². The molecule has 2 aromatic rings. The smallest absolute Gasteiger partial charge is 0.348 e. The summed E-state index contributed by atoms with van der Waals surface area (Å²) in [7, 11) is 0. The summed E-state index contributed by atoms with van der Waals surface area (Å²) >= 11 is 1.41. The van der Waals surface area contributed by atoms with Gasteiger partial charge in [0.1, 0.15) is 5.03 Å². The fourth-order valence-corrected chi connectivity index (χ4v) is 5.64. The van der Waals surface area contributed by atoms with Crippen molar-refractivity contribution in [3.05, 3.63) is 51.6 Å². The molecule has 6 nitrogen and oxygen atoms in total. The van der Waals surface area contributed by atoms with Gasteiger partial charge in [-0.1, -0.05) is 30.0 Å². The molecule has 152 valence electrons. The van der Waals surface area contributed by atoms with Crippen molar-refractivity contribution in [2.45, 2.75) is 56.2 Å². The van der Waals surface area contributed by atoms with Gasteiger partial charge in [0.25, 0.3) is 0 Å². The minimum absolute atomic E-state index is 0.0806. The van der Waals surface area contributed by atoms with Crippen LogP contribution in [0.25, 0.3) is 0 Å². The van der Waals surface area contributed by atoms with Crippen LogP contribution in [-0.4, -0.2) is 40.5 Å². The van der Waals surface area contributed by atoms with Gasteiger partial charge in [0.2, 0.25) is 5.91 Å². The molecule has 1 amide bonds. The van der Waals surface area contributed by atoms with Crippen LogP contribution in [0.1, 0.15) is 36.1 Å². The number of aromatic nitrogens is 2. The van der Waals surface area contributed by atoms with Crippen molar-refractivity contribution in [3.8, 4) is 0 Å². The predicted octanol–water partition coefficient (Wildman–Crippen LogP) is 2.59. The summed E-state index contributed by atoms with van der Waals surface area (Å²) in [5, 5.41) is 0.743. The van der Waals surface area contributed by atoms with Crippen molar-refractivity contribution in [3.63, 3.8) is 0 Å². The van der Waals surface area contributed by atoms with Gasteiger partial charge in [0.15, 0.2) is 0 Å². The number of fused-ring (bicyclic) bond motifs is 2. The van der Waals surface area contributed by atoms with Crippen LogP contribution in [-0.2, 0) is 35.3 Å². The third kappa shape index (κ3) is 3.62. The van der Waals surface area contributed by atoms with Gasteiger partial charge in [-0.25, -0.2) is 4.79 Å². The standard InChI is InChI=1S/C22H25N3O3S/c26-20(24-11-10-15-5-1-2-8-18(15)24)14-29-21-17-7-3-9-19(17)25(22(27)23-21)13-16-6-4-12-28-16/h1-2,5,8,16H,3-4,6-7,9-14H2/t16-/m1/s1. The minimum atomic E-state index is -0.206. The van der Waals surface area contributed by atoms with Crippen molar-refractivity contribution in [2.75, 3.05) is 23.8 Å². The molecule has 1 fully saturated rings. The molecule has 0 bridgehead atoms. The maximum atomic E-state index is 12.8. The number of hydrogen-bond acceptors (Lipinski definition) is 5. The van der Waals surface area contributed by atoms with Crippen LogP contribution < -0.4 is 10.6 Å². The second-order valence-electron chi connectivity index (χ2n) is 7.94. The summed E-state index contributed by atoms with van der Waals surface area (Å²) in [6, 6.07) is 8.07. The van der Waals surface area contributed by atoms with Crippen molar-refractivity contribution < 1.29 is 9.53 Å². The molecule has 1 aromatic heterocycles. The number of ether oxygens (including phenoxy) is 1. The van der Waals surface area contributed by atoms with Crippen molar-refractivity contribution in [2.24, 2.45) is 0 Å². The van der Waals surface area contributed by atoms with Crippen LogP contribution in [0.2, 0.25) is 0 Å². The molecule has 0 radical (unpaired) electrons. The Morgan fingerprint density at radius 3 is 2.97 bits per heavy atom. The lowest BCUT2D eigenvalue weighted by atomic mass is 10.2. The molecule has 5 rings (SSSR count). The van der Waals surface area contributed by atoms with E-state index >= 15 is 0 Å². The molecule has 7 heteroatoms. The molecule has 3 heterocycles. The number of amides is 1. The maximum Gasteiger partial charge on any atom is 0.348 e. The maximum absolute atomic E-state index is 12.8. The van der Waals surface area contributed by atoms with E-state index in [0.717, 1.165) is 73.6 Å². The van der Waals surface area contributed by atoms with Gasteiger partial charge in [-0.15, -0.1) is 0 Å². The molecule has 3 aliphatic rings. The quantitative estimate of drug-likeness (QED) is 0.559. The van der Waals surface area contributed by atoms with Gasteiger partial charge in [-0.3, -0.25) is 9.36 Å². The molecular formula is C22H25N3O3S. The van der Waals surface area contributed by atoms with Crippen molar-refractivity contribution >= 4 is 23.4 Å². The average Bonchev–Trinajstić information content (AvgIpc) is 3.48. The van der Waals surface area contributed by atoms with Crippen LogP contribution in [0.15, 0.2) is 34.1 Å². The van der Waals surface area contributed by atoms with Crippen LogP contribution in [0, 0.1) is 0 Å². The summed E-state index contributed by atoms with van der Waals surface area (Å²) < 4.78 is 7.54. The number of rotatable bonds is 5. The zero-order valence-electron chi connectivity index (χ0n) is 16.4. The Labute approximate surface area is 174 Å². The SMILES string of the molecule is O=C(CSc1nc(=O)n(C[C@H]2CCCO2)c2c1CCC2)N1CCc2ccccc21. The first kappa shape index (κ1) is 18.9. The fourth-order valence-electron chi connectivity index (χ4n) is 4.69. The van der Waals surface area contributed by atoms with Crippen LogP contribution >= 0.6 is 11.8 Å². The van der Waals surface area contributed by atoms with Gasteiger partial charge in [-0.05, 0) is 50.2 Å². The Kier molecular flexibility index (Phi) is 5.18. The molecule has 1 aromatic carbocycles. The topological polar surface area (TPSA) is 64.4 Å². The third-order valence-corrected chi connectivity index (χ3v) is 7.13. The zero-order valence-corrected chi connectivity index (χ0v) is 17.2. The molecule has 1 atom stereocenters. The Balaban J connectivity index is 1.33. The highest BCUT2D eigenvalue weighted by molar-refractivity contribution is 8.00. The molecule has 1 aliphatic carbocycles. The monoisotopic (exact) mass is 411 g/mol. The molecule has 2 aliphatic heterocycles. The first-order chi connectivity index (χ1) is 14.2. The number of nitrogens with zero attached hydrogens (tertiary/aromatic N) is 3. The van der Waals surface area contributed by atoms with Crippen molar-refractivity contribution in [1.29, 1.82) is 0 Å². The second-order valence-corrected chi connectivity index (χ2v) is 8.90. The van der Waals surface area contributed by atoms with Gasteiger partial charge in [-0.2, -0.15) is 4.98 Å². The van der Waals surface area contributed by atoms with E-state index in [2.05, 4.69) is 11.1 Å².